The van der Waals surface area contributed by atoms with Crippen molar-refractivity contribution in [2.45, 2.75) is 25.4 Å². The van der Waals surface area contributed by atoms with Gasteiger partial charge in [0.15, 0.2) is 11.3 Å². The molecule has 9 nitrogen and oxygen atoms in total. The molecular formula is C16H20F3N7O2. The Morgan fingerprint density at radius 3 is 2.71 bits per heavy atom. The number of amides is 1. The van der Waals surface area contributed by atoms with Crippen molar-refractivity contribution in [3.05, 3.63) is 24.3 Å². The average molecular weight is 399 g/mol. The SMILES string of the molecule is CC[C@H]1CN(C(=O)O)C[C@H]1c1nnc2cnc3[nH]ccc3n12.NCC(F)(F)F. The van der Waals surface area contributed by atoms with Crippen LogP contribution in [0.1, 0.15) is 25.1 Å². The Bertz CT molecular complexity index is 968. The van der Waals surface area contributed by atoms with Crippen LogP contribution in [-0.2, 0) is 0 Å². The van der Waals surface area contributed by atoms with Crippen molar-refractivity contribution in [2.75, 3.05) is 19.6 Å². The monoisotopic (exact) mass is 399 g/mol. The molecule has 2 atom stereocenters. The highest BCUT2D eigenvalue weighted by molar-refractivity contribution is 5.74. The van der Waals surface area contributed by atoms with Gasteiger partial charge in [-0.2, -0.15) is 13.2 Å². The molecule has 1 aliphatic rings. The van der Waals surface area contributed by atoms with Crippen LogP contribution in [0.5, 0.6) is 0 Å². The average Bonchev–Trinajstić information content (AvgIpc) is 3.37. The van der Waals surface area contributed by atoms with Crippen LogP contribution in [0.2, 0.25) is 0 Å². The van der Waals surface area contributed by atoms with Crippen molar-refractivity contribution in [2.24, 2.45) is 11.7 Å². The van der Waals surface area contributed by atoms with E-state index in [9.17, 15) is 23.1 Å². The summed E-state index contributed by atoms with van der Waals surface area (Å²) in [5.74, 6) is 1.12. The number of nitrogens with one attached hydrogen (secondary N) is 1. The van der Waals surface area contributed by atoms with Crippen molar-refractivity contribution in [3.8, 4) is 0 Å². The van der Waals surface area contributed by atoms with Crippen LogP contribution in [0.25, 0.3) is 16.8 Å². The molecule has 0 aromatic carbocycles. The van der Waals surface area contributed by atoms with Crippen LogP contribution in [0.4, 0.5) is 18.0 Å². The van der Waals surface area contributed by atoms with Gasteiger partial charge in [0.25, 0.3) is 0 Å². The van der Waals surface area contributed by atoms with E-state index in [2.05, 4.69) is 32.8 Å². The van der Waals surface area contributed by atoms with Gasteiger partial charge in [-0.3, -0.25) is 4.40 Å². The molecule has 1 fully saturated rings. The minimum Gasteiger partial charge on any atom is -0.465 e. The highest BCUT2D eigenvalue weighted by atomic mass is 19.4. The number of likely N-dealkylation sites (tertiary alicyclic amines) is 1. The van der Waals surface area contributed by atoms with Gasteiger partial charge >= 0.3 is 12.3 Å². The molecular weight excluding hydrogens is 379 g/mol. The third kappa shape index (κ3) is 3.86. The number of halogens is 3. The summed E-state index contributed by atoms with van der Waals surface area (Å²) in [6.45, 7) is 1.86. The van der Waals surface area contributed by atoms with E-state index in [1.165, 1.54) is 4.90 Å². The van der Waals surface area contributed by atoms with Crippen LogP contribution in [-0.4, -0.2) is 66.5 Å². The fourth-order valence-corrected chi connectivity index (χ4v) is 3.37. The first-order valence-electron chi connectivity index (χ1n) is 8.67. The molecule has 4 rings (SSSR count). The third-order valence-corrected chi connectivity index (χ3v) is 4.77. The lowest BCUT2D eigenvalue weighted by Crippen LogP contribution is -2.26. The van der Waals surface area contributed by atoms with Crippen molar-refractivity contribution >= 4 is 22.9 Å². The number of hydrogen-bond donors (Lipinski definition) is 3. The molecule has 4 N–H and O–H groups in total. The molecule has 0 unspecified atom stereocenters. The van der Waals surface area contributed by atoms with Crippen molar-refractivity contribution in [3.63, 3.8) is 0 Å². The largest absolute Gasteiger partial charge is 0.465 e. The maximum Gasteiger partial charge on any atom is 0.407 e. The molecule has 4 heterocycles. The van der Waals surface area contributed by atoms with Crippen LogP contribution in [0.3, 0.4) is 0 Å². The van der Waals surface area contributed by atoms with E-state index < -0.39 is 18.8 Å². The summed E-state index contributed by atoms with van der Waals surface area (Å²) in [6, 6.07) is 1.94. The quantitative estimate of drug-likeness (QED) is 0.607. The molecule has 12 heteroatoms. The van der Waals surface area contributed by atoms with Gasteiger partial charge in [-0.15, -0.1) is 10.2 Å². The number of alkyl halides is 3. The highest BCUT2D eigenvalue weighted by Gasteiger charge is 2.38. The molecule has 0 radical (unpaired) electrons. The number of hydrogen-bond acceptors (Lipinski definition) is 5. The topological polar surface area (TPSA) is 125 Å². The van der Waals surface area contributed by atoms with E-state index in [1.54, 1.807) is 6.20 Å². The number of nitrogens with zero attached hydrogens (tertiary/aromatic N) is 5. The minimum absolute atomic E-state index is 0.0524. The molecule has 3 aromatic rings. The van der Waals surface area contributed by atoms with Crippen LogP contribution >= 0.6 is 0 Å². The summed E-state index contributed by atoms with van der Waals surface area (Å²) in [5.41, 5.74) is 6.56. The zero-order valence-corrected chi connectivity index (χ0v) is 15.0. The Balaban J connectivity index is 0.000000330. The predicted octanol–water partition coefficient (Wildman–Crippen LogP) is 2.22. The Hall–Kier alpha value is -2.89. The molecule has 0 aliphatic carbocycles. The molecule has 152 valence electrons. The maximum absolute atomic E-state index is 11.3. The van der Waals surface area contributed by atoms with Crippen LogP contribution < -0.4 is 5.73 Å². The van der Waals surface area contributed by atoms with Crippen molar-refractivity contribution in [1.29, 1.82) is 0 Å². The molecule has 1 amide bonds. The van der Waals surface area contributed by atoms with E-state index >= 15 is 0 Å². The molecule has 3 aromatic heterocycles. The Labute approximate surface area is 157 Å². The highest BCUT2D eigenvalue weighted by Crippen LogP contribution is 2.34. The van der Waals surface area contributed by atoms with E-state index in [1.807, 2.05) is 16.7 Å². The van der Waals surface area contributed by atoms with Gasteiger partial charge in [0.1, 0.15) is 5.82 Å². The van der Waals surface area contributed by atoms with E-state index in [4.69, 9.17) is 0 Å². The molecule has 1 aliphatic heterocycles. The fraction of sp³-hybridized carbons (Fsp3) is 0.500. The van der Waals surface area contributed by atoms with Gasteiger partial charge in [-0.05, 0) is 12.0 Å². The molecule has 1 saturated heterocycles. The number of aromatic nitrogens is 5. The van der Waals surface area contributed by atoms with E-state index in [0.29, 0.717) is 18.7 Å². The van der Waals surface area contributed by atoms with Crippen LogP contribution in [0.15, 0.2) is 18.5 Å². The molecule has 0 saturated carbocycles. The number of carboxylic acid groups (broad SMARTS) is 1. The first kappa shape index (κ1) is 19.9. The second kappa shape index (κ2) is 7.62. The fourth-order valence-electron chi connectivity index (χ4n) is 3.37. The Kier molecular flexibility index (Phi) is 5.40. The summed E-state index contributed by atoms with van der Waals surface area (Å²) in [6.07, 6.45) is -0.635. The van der Waals surface area contributed by atoms with Gasteiger partial charge in [-0.25, -0.2) is 9.78 Å². The smallest absolute Gasteiger partial charge is 0.407 e. The lowest BCUT2D eigenvalue weighted by Gasteiger charge is -2.14. The number of carbonyl (C=O) groups is 1. The van der Waals surface area contributed by atoms with Gasteiger partial charge in [-0.1, -0.05) is 13.3 Å². The summed E-state index contributed by atoms with van der Waals surface area (Å²) in [5, 5.41) is 17.8. The zero-order valence-electron chi connectivity index (χ0n) is 15.0. The third-order valence-electron chi connectivity index (χ3n) is 4.77. The number of fused-ring (bicyclic) bond motifs is 3. The predicted molar refractivity (Wildman–Crippen MR) is 93.9 cm³/mol. The number of aromatic amines is 1. The van der Waals surface area contributed by atoms with Crippen LogP contribution in [0, 0.1) is 5.92 Å². The number of nitrogens with two attached hydrogens (primary N) is 1. The van der Waals surface area contributed by atoms with Gasteiger partial charge in [0.2, 0.25) is 0 Å². The van der Waals surface area contributed by atoms with Gasteiger partial charge in [0, 0.05) is 25.2 Å². The van der Waals surface area contributed by atoms with Gasteiger partial charge in [0.05, 0.1) is 18.3 Å². The first-order valence-corrected chi connectivity index (χ1v) is 8.67. The first-order chi connectivity index (χ1) is 13.2. The zero-order chi connectivity index (χ0) is 20.5. The standard InChI is InChI=1S/C14H16N6O2.C2H4F3N/c1-2-8-6-19(14(21)22)7-9(8)13-18-17-11-5-16-12-10(20(11)13)3-4-15-12;3-2(4,5)1-6/h3-5,8-9,15H,2,6-7H2,1H3,(H,21,22);1,6H2/t8-,9+;/m0./s1. The molecule has 28 heavy (non-hydrogen) atoms. The van der Waals surface area contributed by atoms with E-state index in [0.717, 1.165) is 23.4 Å². The summed E-state index contributed by atoms with van der Waals surface area (Å²) in [4.78, 5) is 20.1. The summed E-state index contributed by atoms with van der Waals surface area (Å²) < 4.78 is 34.0. The van der Waals surface area contributed by atoms with Gasteiger partial charge < -0.3 is 20.7 Å². The normalized spacial score (nSPS) is 19.8. The van der Waals surface area contributed by atoms with E-state index in [-0.39, 0.29) is 11.8 Å². The minimum atomic E-state index is -4.18. The maximum atomic E-state index is 11.3. The second-order valence-electron chi connectivity index (χ2n) is 6.50. The summed E-state index contributed by atoms with van der Waals surface area (Å²) >= 11 is 0. The lowest BCUT2D eigenvalue weighted by molar-refractivity contribution is -0.118. The number of H-pyrrole nitrogens is 1. The Morgan fingerprint density at radius 1 is 1.39 bits per heavy atom. The molecule has 0 spiro atoms. The van der Waals surface area contributed by atoms with Crippen molar-refractivity contribution < 1.29 is 23.1 Å². The molecule has 0 bridgehead atoms. The summed E-state index contributed by atoms with van der Waals surface area (Å²) in [7, 11) is 0. The second-order valence-corrected chi connectivity index (χ2v) is 6.50. The van der Waals surface area contributed by atoms with Crippen molar-refractivity contribution in [1.82, 2.24) is 29.5 Å². The lowest BCUT2D eigenvalue weighted by atomic mass is 9.93. The number of rotatable bonds is 2. The Morgan fingerprint density at radius 2 is 2.11 bits per heavy atom.